The number of benzene rings is 1. The molecule has 17 heavy (non-hydrogen) atoms. The summed E-state index contributed by atoms with van der Waals surface area (Å²) >= 11 is 0. The second kappa shape index (κ2) is 7.42. The first-order valence-corrected chi connectivity index (χ1v) is 7.05. The minimum absolute atomic E-state index is 0. The maximum absolute atomic E-state index is 11.1. The monoisotopic (exact) mass is 259 g/mol. The van der Waals surface area contributed by atoms with Crippen LogP contribution in [0.3, 0.4) is 0 Å². The Morgan fingerprint density at radius 1 is 1.12 bits per heavy atom. The summed E-state index contributed by atoms with van der Waals surface area (Å²) in [6.07, 6.45) is 5.07. The molecule has 0 bridgehead atoms. The SMILES string of the molecule is CCCCCCc1ccccc1S(=O)(=O)O.N. The van der Waals surface area contributed by atoms with Gasteiger partial charge in [-0.05, 0) is 24.5 Å². The first kappa shape index (κ1) is 16.1. The van der Waals surface area contributed by atoms with E-state index in [2.05, 4.69) is 6.92 Å². The Morgan fingerprint density at radius 2 is 1.76 bits per heavy atom. The number of rotatable bonds is 6. The molecule has 1 aromatic rings. The first-order valence-electron chi connectivity index (χ1n) is 5.61. The highest BCUT2D eigenvalue weighted by Crippen LogP contribution is 2.17. The predicted octanol–water partition coefficient (Wildman–Crippen LogP) is 3.22. The zero-order valence-electron chi connectivity index (χ0n) is 10.2. The molecule has 1 aromatic carbocycles. The van der Waals surface area contributed by atoms with Crippen molar-refractivity contribution in [2.75, 3.05) is 0 Å². The average molecular weight is 259 g/mol. The van der Waals surface area contributed by atoms with Crippen LogP contribution in [-0.2, 0) is 16.5 Å². The highest BCUT2D eigenvalue weighted by molar-refractivity contribution is 7.85. The van der Waals surface area contributed by atoms with E-state index in [1.807, 2.05) is 0 Å². The van der Waals surface area contributed by atoms with Gasteiger partial charge in [-0.3, -0.25) is 4.55 Å². The molecule has 98 valence electrons. The predicted molar refractivity (Wildman–Crippen MR) is 69.1 cm³/mol. The van der Waals surface area contributed by atoms with Crippen LogP contribution in [0.1, 0.15) is 38.2 Å². The van der Waals surface area contributed by atoms with Gasteiger partial charge in [-0.25, -0.2) is 0 Å². The molecule has 0 saturated carbocycles. The van der Waals surface area contributed by atoms with Crippen LogP contribution in [-0.4, -0.2) is 13.0 Å². The van der Waals surface area contributed by atoms with Crippen LogP contribution in [0.25, 0.3) is 0 Å². The Balaban J connectivity index is 0.00000256. The summed E-state index contributed by atoms with van der Waals surface area (Å²) in [5.74, 6) is 0. The third kappa shape index (κ3) is 5.30. The van der Waals surface area contributed by atoms with Crippen molar-refractivity contribution < 1.29 is 13.0 Å². The van der Waals surface area contributed by atoms with Crippen molar-refractivity contribution in [3.8, 4) is 0 Å². The van der Waals surface area contributed by atoms with Crippen molar-refractivity contribution in [2.45, 2.75) is 43.9 Å². The molecule has 4 nitrogen and oxygen atoms in total. The summed E-state index contributed by atoms with van der Waals surface area (Å²) in [5.41, 5.74) is 0.709. The van der Waals surface area contributed by atoms with Crippen molar-refractivity contribution in [1.29, 1.82) is 0 Å². The lowest BCUT2D eigenvalue weighted by atomic mass is 10.1. The van der Waals surface area contributed by atoms with E-state index in [1.54, 1.807) is 18.2 Å². The third-order valence-corrected chi connectivity index (χ3v) is 3.50. The number of hydrogen-bond donors (Lipinski definition) is 2. The van der Waals surface area contributed by atoms with E-state index in [4.69, 9.17) is 4.55 Å². The summed E-state index contributed by atoms with van der Waals surface area (Å²) in [4.78, 5) is 0.0477. The van der Waals surface area contributed by atoms with E-state index in [-0.39, 0.29) is 11.0 Å². The van der Waals surface area contributed by atoms with Crippen LogP contribution < -0.4 is 6.15 Å². The molecule has 0 spiro atoms. The van der Waals surface area contributed by atoms with Gasteiger partial charge in [0.25, 0.3) is 10.1 Å². The zero-order chi connectivity index (χ0) is 12.0. The van der Waals surface area contributed by atoms with Crippen molar-refractivity contribution in [1.82, 2.24) is 6.15 Å². The summed E-state index contributed by atoms with van der Waals surface area (Å²) in [7, 11) is -4.08. The highest BCUT2D eigenvalue weighted by Gasteiger charge is 2.13. The van der Waals surface area contributed by atoms with Gasteiger partial charge >= 0.3 is 0 Å². The smallest absolute Gasteiger partial charge is 0.294 e. The fraction of sp³-hybridized carbons (Fsp3) is 0.500. The standard InChI is InChI=1S/C12H18O3S.H3N/c1-2-3-4-5-8-11-9-6-7-10-12(11)16(13,14)15;/h6-7,9-10H,2-5,8H2,1H3,(H,13,14,15);1H3. The molecule has 0 aliphatic rings. The van der Waals surface area contributed by atoms with Gasteiger partial charge in [0, 0.05) is 0 Å². The highest BCUT2D eigenvalue weighted by atomic mass is 32.2. The molecule has 0 saturated heterocycles. The molecule has 0 heterocycles. The van der Waals surface area contributed by atoms with E-state index in [9.17, 15) is 8.42 Å². The van der Waals surface area contributed by atoms with Crippen molar-refractivity contribution in [2.24, 2.45) is 0 Å². The minimum Gasteiger partial charge on any atom is -0.344 e. The summed E-state index contributed by atoms with van der Waals surface area (Å²) in [5, 5.41) is 0. The van der Waals surface area contributed by atoms with Gasteiger partial charge in [0.15, 0.2) is 0 Å². The van der Waals surface area contributed by atoms with Crippen LogP contribution in [0, 0.1) is 0 Å². The molecule has 0 radical (unpaired) electrons. The van der Waals surface area contributed by atoms with Gasteiger partial charge in [0.1, 0.15) is 0 Å². The molecular weight excluding hydrogens is 238 g/mol. The first-order chi connectivity index (χ1) is 7.55. The lowest BCUT2D eigenvalue weighted by molar-refractivity contribution is 0.481. The van der Waals surface area contributed by atoms with Gasteiger partial charge in [-0.1, -0.05) is 44.4 Å². The zero-order valence-corrected chi connectivity index (χ0v) is 11.0. The number of hydrogen-bond acceptors (Lipinski definition) is 3. The van der Waals surface area contributed by atoms with Crippen LogP contribution in [0.5, 0.6) is 0 Å². The molecule has 4 N–H and O–H groups in total. The van der Waals surface area contributed by atoms with Crippen molar-refractivity contribution in [3.63, 3.8) is 0 Å². The number of aryl methyl sites for hydroxylation is 1. The van der Waals surface area contributed by atoms with E-state index >= 15 is 0 Å². The number of unbranched alkanes of at least 4 members (excludes halogenated alkanes) is 3. The van der Waals surface area contributed by atoms with Gasteiger partial charge in [0.05, 0.1) is 4.90 Å². The maximum atomic E-state index is 11.1. The van der Waals surface area contributed by atoms with Crippen LogP contribution in [0.4, 0.5) is 0 Å². The van der Waals surface area contributed by atoms with E-state index in [0.29, 0.717) is 12.0 Å². The molecule has 0 aromatic heterocycles. The molecule has 0 aliphatic carbocycles. The fourth-order valence-corrected chi connectivity index (χ4v) is 2.46. The minimum atomic E-state index is -4.08. The van der Waals surface area contributed by atoms with Crippen LogP contribution in [0.15, 0.2) is 29.2 Å². The summed E-state index contributed by atoms with van der Waals surface area (Å²) in [6, 6.07) is 6.63. The molecule has 0 unspecified atom stereocenters. The van der Waals surface area contributed by atoms with E-state index in [1.165, 1.54) is 6.07 Å². The molecule has 0 fully saturated rings. The van der Waals surface area contributed by atoms with Gasteiger partial charge in [-0.15, -0.1) is 0 Å². The molecule has 0 amide bonds. The summed E-state index contributed by atoms with van der Waals surface area (Å²) in [6.45, 7) is 2.13. The van der Waals surface area contributed by atoms with Crippen molar-refractivity contribution >= 4 is 10.1 Å². The second-order valence-electron chi connectivity index (χ2n) is 3.89. The average Bonchev–Trinajstić information content (AvgIpc) is 2.24. The maximum Gasteiger partial charge on any atom is 0.294 e. The van der Waals surface area contributed by atoms with Crippen molar-refractivity contribution in [3.05, 3.63) is 29.8 Å². The third-order valence-electron chi connectivity index (χ3n) is 2.55. The molecule has 5 heteroatoms. The fourth-order valence-electron chi connectivity index (χ4n) is 1.70. The molecule has 0 atom stereocenters. The normalized spacial score (nSPS) is 10.9. The Kier molecular flexibility index (Phi) is 7.03. The topological polar surface area (TPSA) is 89.4 Å². The van der Waals surface area contributed by atoms with Gasteiger partial charge < -0.3 is 6.15 Å². The Bertz CT molecular complexity index is 429. The van der Waals surface area contributed by atoms with Crippen LogP contribution in [0.2, 0.25) is 0 Å². The Morgan fingerprint density at radius 3 is 2.35 bits per heavy atom. The lowest BCUT2D eigenvalue weighted by Crippen LogP contribution is -2.03. The molecular formula is C12H21NO3S. The van der Waals surface area contributed by atoms with Gasteiger partial charge in [-0.2, -0.15) is 8.42 Å². The lowest BCUT2D eigenvalue weighted by Gasteiger charge is -2.06. The van der Waals surface area contributed by atoms with E-state index in [0.717, 1.165) is 25.7 Å². The summed E-state index contributed by atoms with van der Waals surface area (Å²) < 4.78 is 31.2. The Labute approximate surface area is 103 Å². The second-order valence-corrected chi connectivity index (χ2v) is 5.28. The molecule has 1 rings (SSSR count). The molecule has 0 aliphatic heterocycles. The Hall–Kier alpha value is -0.910. The largest absolute Gasteiger partial charge is 0.344 e. The van der Waals surface area contributed by atoms with Crippen LogP contribution >= 0.6 is 0 Å². The van der Waals surface area contributed by atoms with E-state index < -0.39 is 10.1 Å². The van der Waals surface area contributed by atoms with Gasteiger partial charge in [0.2, 0.25) is 0 Å². The quantitative estimate of drug-likeness (QED) is 0.606.